The van der Waals surface area contributed by atoms with Crippen molar-refractivity contribution in [2.45, 2.75) is 63.9 Å². The third-order valence-corrected chi connectivity index (χ3v) is 4.72. The average molecular weight is 246 g/mol. The van der Waals surface area contributed by atoms with Crippen LogP contribution in [0.25, 0.3) is 0 Å². The predicted molar refractivity (Wildman–Crippen MR) is 68.1 cm³/mol. The van der Waals surface area contributed by atoms with E-state index in [1.165, 1.54) is 38.5 Å². The van der Waals surface area contributed by atoms with E-state index < -0.39 is 0 Å². The SMILES string of the molecule is N#COC1CCCCC1CC1CCCCC1C#N. The fraction of sp³-hybridized carbons (Fsp3) is 0.867. The lowest BCUT2D eigenvalue weighted by molar-refractivity contribution is 0.0434. The Morgan fingerprint density at radius 1 is 0.889 bits per heavy atom. The van der Waals surface area contributed by atoms with Gasteiger partial charge >= 0.3 is 0 Å². The smallest absolute Gasteiger partial charge is 0.286 e. The van der Waals surface area contributed by atoms with E-state index in [9.17, 15) is 5.26 Å². The standard InChI is InChI=1S/C15H22N2O/c16-10-14-7-2-1-5-12(14)9-13-6-3-4-8-15(13)18-11-17/h12-15H,1-9H2. The van der Waals surface area contributed by atoms with Gasteiger partial charge in [0.1, 0.15) is 6.10 Å². The number of nitrogens with zero attached hydrogens (tertiary/aromatic N) is 2. The Kier molecular flexibility index (Phi) is 4.88. The first kappa shape index (κ1) is 13.2. The molecule has 4 unspecified atom stereocenters. The van der Waals surface area contributed by atoms with Crippen molar-refractivity contribution >= 4 is 0 Å². The molecular formula is C15H22N2O. The molecule has 0 saturated heterocycles. The Bertz CT molecular complexity index is 341. The molecule has 0 aromatic rings. The van der Waals surface area contributed by atoms with Crippen molar-refractivity contribution in [2.24, 2.45) is 17.8 Å². The van der Waals surface area contributed by atoms with E-state index in [1.807, 2.05) is 6.26 Å². The van der Waals surface area contributed by atoms with Crippen molar-refractivity contribution in [3.63, 3.8) is 0 Å². The van der Waals surface area contributed by atoms with Crippen molar-refractivity contribution in [1.29, 1.82) is 10.5 Å². The molecule has 0 spiro atoms. The molecule has 0 aromatic carbocycles. The first-order valence-electron chi connectivity index (χ1n) is 7.29. The van der Waals surface area contributed by atoms with Gasteiger partial charge in [-0.3, -0.25) is 0 Å². The van der Waals surface area contributed by atoms with Crippen molar-refractivity contribution in [1.82, 2.24) is 0 Å². The highest BCUT2D eigenvalue weighted by Crippen LogP contribution is 2.39. The largest absolute Gasteiger partial charge is 0.424 e. The van der Waals surface area contributed by atoms with Crippen molar-refractivity contribution in [2.75, 3.05) is 0 Å². The third kappa shape index (κ3) is 3.16. The molecule has 0 N–H and O–H groups in total. The van der Waals surface area contributed by atoms with Gasteiger partial charge in [-0.25, -0.2) is 0 Å². The van der Waals surface area contributed by atoms with Crippen molar-refractivity contribution in [3.05, 3.63) is 0 Å². The van der Waals surface area contributed by atoms with E-state index in [0.29, 0.717) is 11.8 Å². The summed E-state index contributed by atoms with van der Waals surface area (Å²) in [6.07, 6.45) is 12.4. The molecule has 0 aliphatic heterocycles. The third-order valence-electron chi connectivity index (χ3n) is 4.72. The lowest BCUT2D eigenvalue weighted by Crippen LogP contribution is -2.31. The quantitative estimate of drug-likeness (QED) is 0.712. The lowest BCUT2D eigenvalue weighted by atomic mass is 9.72. The summed E-state index contributed by atoms with van der Waals surface area (Å²) in [6, 6.07) is 2.48. The highest BCUT2D eigenvalue weighted by Gasteiger charge is 2.33. The van der Waals surface area contributed by atoms with Crippen molar-refractivity contribution < 1.29 is 4.74 Å². The summed E-state index contributed by atoms with van der Waals surface area (Å²) >= 11 is 0. The molecule has 0 radical (unpaired) electrons. The van der Waals surface area contributed by atoms with E-state index in [0.717, 1.165) is 19.3 Å². The summed E-state index contributed by atoms with van der Waals surface area (Å²) in [6.45, 7) is 0. The molecule has 2 aliphatic carbocycles. The minimum Gasteiger partial charge on any atom is -0.424 e. The van der Waals surface area contributed by atoms with Gasteiger partial charge in [-0.2, -0.15) is 10.5 Å². The van der Waals surface area contributed by atoms with E-state index in [4.69, 9.17) is 10.00 Å². The van der Waals surface area contributed by atoms with Gasteiger partial charge in [0.25, 0.3) is 6.26 Å². The van der Waals surface area contributed by atoms with Gasteiger partial charge in [0, 0.05) is 5.92 Å². The zero-order valence-electron chi connectivity index (χ0n) is 11.0. The first-order valence-corrected chi connectivity index (χ1v) is 7.29. The predicted octanol–water partition coefficient (Wildman–Crippen LogP) is 3.76. The van der Waals surface area contributed by atoms with E-state index in [1.54, 1.807) is 0 Å². The van der Waals surface area contributed by atoms with Gasteiger partial charge in [-0.05, 0) is 50.4 Å². The number of rotatable bonds is 3. The summed E-state index contributed by atoms with van der Waals surface area (Å²) in [5.74, 6) is 1.28. The Morgan fingerprint density at radius 3 is 2.28 bits per heavy atom. The topological polar surface area (TPSA) is 56.8 Å². The Balaban J connectivity index is 1.93. The molecule has 3 nitrogen and oxygen atoms in total. The summed E-state index contributed by atoms with van der Waals surface area (Å²) in [5, 5.41) is 17.9. The summed E-state index contributed by atoms with van der Waals surface area (Å²) < 4.78 is 5.23. The normalized spacial score (nSPS) is 36.3. The molecule has 2 saturated carbocycles. The second-order valence-electron chi connectivity index (χ2n) is 5.81. The summed E-state index contributed by atoms with van der Waals surface area (Å²) in [7, 11) is 0. The van der Waals surface area contributed by atoms with Gasteiger partial charge in [-0.1, -0.05) is 19.3 Å². The van der Waals surface area contributed by atoms with Gasteiger partial charge in [0.15, 0.2) is 0 Å². The highest BCUT2D eigenvalue weighted by atomic mass is 16.5. The average Bonchev–Trinajstić information content (AvgIpc) is 2.42. The molecule has 4 atom stereocenters. The Morgan fingerprint density at radius 2 is 1.56 bits per heavy atom. The molecule has 0 amide bonds. The zero-order chi connectivity index (χ0) is 12.8. The molecular weight excluding hydrogens is 224 g/mol. The molecule has 0 bridgehead atoms. The lowest BCUT2D eigenvalue weighted by Gasteiger charge is -2.35. The fourth-order valence-electron chi connectivity index (χ4n) is 3.71. The molecule has 0 aromatic heterocycles. The number of hydrogen-bond acceptors (Lipinski definition) is 3. The van der Waals surface area contributed by atoms with Gasteiger partial charge in [-0.15, -0.1) is 0 Å². The van der Waals surface area contributed by atoms with Crippen LogP contribution in [0.15, 0.2) is 0 Å². The summed E-state index contributed by atoms with van der Waals surface area (Å²) in [5.41, 5.74) is 0. The molecule has 2 fully saturated rings. The molecule has 3 heteroatoms. The van der Waals surface area contributed by atoms with Gasteiger partial charge in [0.2, 0.25) is 0 Å². The van der Waals surface area contributed by atoms with Crippen LogP contribution in [-0.4, -0.2) is 6.10 Å². The van der Waals surface area contributed by atoms with Gasteiger partial charge < -0.3 is 4.74 Å². The number of nitriles is 2. The van der Waals surface area contributed by atoms with Crippen LogP contribution in [0.1, 0.15) is 57.8 Å². The van der Waals surface area contributed by atoms with E-state index in [-0.39, 0.29) is 12.0 Å². The molecule has 0 heterocycles. The molecule has 2 rings (SSSR count). The van der Waals surface area contributed by atoms with Crippen LogP contribution < -0.4 is 0 Å². The van der Waals surface area contributed by atoms with E-state index in [2.05, 4.69) is 6.07 Å². The Hall–Kier alpha value is -1.22. The van der Waals surface area contributed by atoms with Crippen LogP contribution in [0.3, 0.4) is 0 Å². The first-order chi connectivity index (χ1) is 8.85. The van der Waals surface area contributed by atoms with Crippen molar-refractivity contribution in [3.8, 4) is 12.3 Å². The fourth-order valence-corrected chi connectivity index (χ4v) is 3.71. The van der Waals surface area contributed by atoms with E-state index >= 15 is 0 Å². The molecule has 18 heavy (non-hydrogen) atoms. The van der Waals surface area contributed by atoms with Gasteiger partial charge in [0.05, 0.1) is 6.07 Å². The zero-order valence-corrected chi connectivity index (χ0v) is 11.0. The monoisotopic (exact) mass is 246 g/mol. The number of ether oxygens (including phenoxy) is 1. The maximum absolute atomic E-state index is 9.23. The second-order valence-corrected chi connectivity index (χ2v) is 5.81. The Labute approximate surface area is 110 Å². The van der Waals surface area contributed by atoms with Crippen LogP contribution in [0.4, 0.5) is 0 Å². The minimum atomic E-state index is 0.116. The van der Waals surface area contributed by atoms with Crippen LogP contribution in [0.5, 0.6) is 0 Å². The molecule has 2 aliphatic rings. The van der Waals surface area contributed by atoms with Crippen LogP contribution >= 0.6 is 0 Å². The molecule has 98 valence electrons. The maximum Gasteiger partial charge on any atom is 0.286 e. The summed E-state index contributed by atoms with van der Waals surface area (Å²) in [4.78, 5) is 0. The maximum atomic E-state index is 9.23. The number of hydrogen-bond donors (Lipinski definition) is 0. The highest BCUT2D eigenvalue weighted by molar-refractivity contribution is 4.93. The van der Waals surface area contributed by atoms with Crippen LogP contribution in [0, 0.1) is 40.6 Å². The minimum absolute atomic E-state index is 0.116. The van der Waals surface area contributed by atoms with Crippen LogP contribution in [0.2, 0.25) is 0 Å². The second kappa shape index (κ2) is 6.64. The van der Waals surface area contributed by atoms with Crippen LogP contribution in [-0.2, 0) is 4.74 Å².